The van der Waals surface area contributed by atoms with Crippen molar-refractivity contribution in [1.29, 1.82) is 0 Å². The van der Waals surface area contributed by atoms with Gasteiger partial charge in [-0.05, 0) is 56.5 Å². The van der Waals surface area contributed by atoms with Crippen LogP contribution in [0.25, 0.3) is 11.5 Å². The van der Waals surface area contributed by atoms with E-state index in [-0.39, 0.29) is 18.2 Å². The van der Waals surface area contributed by atoms with Crippen LogP contribution in [-0.2, 0) is 4.79 Å². The zero-order valence-electron chi connectivity index (χ0n) is 18.7. The lowest BCUT2D eigenvalue weighted by Crippen LogP contribution is -2.42. The molecule has 8 heteroatoms. The zero-order chi connectivity index (χ0) is 22.9. The van der Waals surface area contributed by atoms with Gasteiger partial charge in [0.1, 0.15) is 12.4 Å². The molecule has 0 spiro atoms. The van der Waals surface area contributed by atoms with Crippen LogP contribution in [-0.4, -0.2) is 30.1 Å². The molecule has 2 amide bonds. The number of hydrogen-bond donors (Lipinski definition) is 1. The molecule has 4 rings (SSSR count). The fourth-order valence-electron chi connectivity index (χ4n) is 3.44. The Morgan fingerprint density at radius 1 is 1.22 bits per heavy atom. The van der Waals surface area contributed by atoms with E-state index in [1.54, 1.807) is 35.2 Å². The summed E-state index contributed by atoms with van der Waals surface area (Å²) in [4.78, 5) is 27.7. The van der Waals surface area contributed by atoms with Crippen molar-refractivity contribution in [1.82, 2.24) is 5.16 Å². The molecule has 8 nitrogen and oxygen atoms in total. The number of rotatable bonds is 6. The second kappa shape index (κ2) is 8.53. The van der Waals surface area contributed by atoms with Gasteiger partial charge < -0.3 is 23.9 Å². The molecule has 2 aromatic heterocycles. The highest BCUT2D eigenvalue weighted by atomic mass is 16.5. The number of fused-ring (bicyclic) bond motifs is 1. The van der Waals surface area contributed by atoms with E-state index in [1.165, 1.54) is 12.3 Å². The Balaban J connectivity index is 1.58. The standard InChI is InChI=1S/C24H27N3O5/c1-15(2)9-10-27-18-12-16(7-8-19(18)31-14-24(3,4)23(27)29)25-22(28)17-13-21(32-26-17)20-6-5-11-30-20/h5-8,11-13,15H,9-10,14H2,1-4H3,(H,25,28). The lowest BCUT2D eigenvalue weighted by Gasteiger charge is -2.28. The Bertz CT molecular complexity index is 1110. The van der Waals surface area contributed by atoms with Crippen LogP contribution in [0.4, 0.5) is 11.4 Å². The first-order valence-electron chi connectivity index (χ1n) is 10.7. The maximum absolute atomic E-state index is 13.2. The number of carbonyl (C=O) groups excluding carboxylic acids is 2. The first kappa shape index (κ1) is 21.7. The predicted molar refractivity (Wildman–Crippen MR) is 120 cm³/mol. The lowest BCUT2D eigenvalue weighted by atomic mass is 9.92. The van der Waals surface area contributed by atoms with Crippen molar-refractivity contribution in [2.45, 2.75) is 34.1 Å². The van der Waals surface area contributed by atoms with Gasteiger partial charge in [-0.3, -0.25) is 9.59 Å². The first-order chi connectivity index (χ1) is 15.2. The first-order valence-corrected chi connectivity index (χ1v) is 10.7. The molecule has 168 valence electrons. The maximum atomic E-state index is 13.2. The Hall–Kier alpha value is -3.55. The Kier molecular flexibility index (Phi) is 5.78. The fourth-order valence-corrected chi connectivity index (χ4v) is 3.44. The Labute approximate surface area is 186 Å². The molecule has 0 fully saturated rings. The third-order valence-corrected chi connectivity index (χ3v) is 5.36. The number of nitrogens with one attached hydrogen (secondary N) is 1. The molecule has 0 aliphatic carbocycles. The van der Waals surface area contributed by atoms with Gasteiger partial charge in [0.2, 0.25) is 11.7 Å². The molecule has 0 bridgehead atoms. The molecule has 32 heavy (non-hydrogen) atoms. The quantitative estimate of drug-likeness (QED) is 0.584. The minimum atomic E-state index is -0.650. The van der Waals surface area contributed by atoms with Gasteiger partial charge in [-0.25, -0.2) is 0 Å². The summed E-state index contributed by atoms with van der Waals surface area (Å²) in [5.74, 6) is 1.48. The Morgan fingerprint density at radius 3 is 2.75 bits per heavy atom. The second-order valence-electron chi connectivity index (χ2n) is 9.00. The van der Waals surface area contributed by atoms with E-state index in [1.807, 2.05) is 13.8 Å². The molecule has 1 aliphatic heterocycles. The summed E-state index contributed by atoms with van der Waals surface area (Å²) in [5, 5.41) is 6.65. The van der Waals surface area contributed by atoms with Crippen molar-refractivity contribution in [2.24, 2.45) is 11.3 Å². The molecule has 3 aromatic rings. The van der Waals surface area contributed by atoms with E-state index in [9.17, 15) is 9.59 Å². The van der Waals surface area contributed by atoms with Crippen LogP contribution >= 0.6 is 0 Å². The summed E-state index contributed by atoms with van der Waals surface area (Å²) in [6.07, 6.45) is 2.37. The SMILES string of the molecule is CC(C)CCN1C(=O)C(C)(C)COc2ccc(NC(=O)c3cc(-c4ccco4)on3)cc21. The number of ether oxygens (including phenoxy) is 1. The zero-order valence-corrected chi connectivity index (χ0v) is 18.7. The van der Waals surface area contributed by atoms with Crippen molar-refractivity contribution in [3.05, 3.63) is 48.4 Å². The molecule has 0 saturated heterocycles. The summed E-state index contributed by atoms with van der Waals surface area (Å²) in [6, 6.07) is 10.2. The highest BCUT2D eigenvalue weighted by Crippen LogP contribution is 2.38. The van der Waals surface area contributed by atoms with Crippen LogP contribution in [0.5, 0.6) is 5.75 Å². The molecule has 0 unspecified atom stereocenters. The number of furan rings is 1. The van der Waals surface area contributed by atoms with Crippen molar-refractivity contribution >= 4 is 23.2 Å². The van der Waals surface area contributed by atoms with E-state index in [0.29, 0.717) is 41.1 Å². The van der Waals surface area contributed by atoms with E-state index in [0.717, 1.165) is 6.42 Å². The van der Waals surface area contributed by atoms with Gasteiger partial charge in [0.05, 0.1) is 17.4 Å². The van der Waals surface area contributed by atoms with Crippen LogP contribution in [0.2, 0.25) is 0 Å². The summed E-state index contributed by atoms with van der Waals surface area (Å²) in [6.45, 7) is 8.87. The summed E-state index contributed by atoms with van der Waals surface area (Å²) in [7, 11) is 0. The number of aromatic nitrogens is 1. The third-order valence-electron chi connectivity index (χ3n) is 5.36. The summed E-state index contributed by atoms with van der Waals surface area (Å²) in [5.41, 5.74) is 0.649. The van der Waals surface area contributed by atoms with Gasteiger partial charge >= 0.3 is 0 Å². The highest BCUT2D eigenvalue weighted by Gasteiger charge is 2.37. The molecule has 3 heterocycles. The smallest absolute Gasteiger partial charge is 0.277 e. The number of anilines is 2. The van der Waals surface area contributed by atoms with Crippen LogP contribution in [0.1, 0.15) is 44.6 Å². The van der Waals surface area contributed by atoms with Gasteiger partial charge in [0.15, 0.2) is 11.5 Å². The van der Waals surface area contributed by atoms with Crippen LogP contribution in [0, 0.1) is 11.3 Å². The summed E-state index contributed by atoms with van der Waals surface area (Å²) >= 11 is 0. The lowest BCUT2D eigenvalue weighted by molar-refractivity contribution is -0.127. The van der Waals surface area contributed by atoms with Crippen LogP contribution < -0.4 is 15.0 Å². The summed E-state index contributed by atoms with van der Waals surface area (Å²) < 4.78 is 16.4. The molecule has 0 saturated carbocycles. The van der Waals surface area contributed by atoms with Crippen molar-refractivity contribution in [3.8, 4) is 17.3 Å². The van der Waals surface area contributed by atoms with E-state index >= 15 is 0 Å². The van der Waals surface area contributed by atoms with E-state index in [2.05, 4.69) is 24.3 Å². The molecule has 1 N–H and O–H groups in total. The Morgan fingerprint density at radius 2 is 2.03 bits per heavy atom. The maximum Gasteiger partial charge on any atom is 0.277 e. The monoisotopic (exact) mass is 437 g/mol. The van der Waals surface area contributed by atoms with Gasteiger partial charge in [-0.2, -0.15) is 0 Å². The van der Waals surface area contributed by atoms with E-state index < -0.39 is 11.3 Å². The fraction of sp³-hybridized carbons (Fsp3) is 0.375. The highest BCUT2D eigenvalue weighted by molar-refractivity contribution is 6.04. The molecule has 0 radical (unpaired) electrons. The minimum Gasteiger partial charge on any atom is -0.490 e. The largest absolute Gasteiger partial charge is 0.490 e. The molecule has 1 aromatic carbocycles. The predicted octanol–water partition coefficient (Wildman–Crippen LogP) is 4.98. The number of amides is 2. The van der Waals surface area contributed by atoms with Gasteiger partial charge in [-0.1, -0.05) is 19.0 Å². The van der Waals surface area contributed by atoms with Crippen molar-refractivity contribution < 1.29 is 23.3 Å². The van der Waals surface area contributed by atoms with Crippen LogP contribution in [0.3, 0.4) is 0 Å². The van der Waals surface area contributed by atoms with Gasteiger partial charge in [-0.15, -0.1) is 0 Å². The normalized spacial score (nSPS) is 15.3. The van der Waals surface area contributed by atoms with Crippen molar-refractivity contribution in [2.75, 3.05) is 23.4 Å². The average Bonchev–Trinajstić information content (AvgIpc) is 3.43. The molecular formula is C24H27N3O5. The number of benzene rings is 1. The number of hydrogen-bond acceptors (Lipinski definition) is 6. The molecule has 0 atom stereocenters. The minimum absolute atomic E-state index is 0.0000302. The third kappa shape index (κ3) is 4.39. The van der Waals surface area contributed by atoms with E-state index in [4.69, 9.17) is 13.7 Å². The second-order valence-corrected chi connectivity index (χ2v) is 9.00. The number of nitrogens with zero attached hydrogens (tertiary/aromatic N) is 2. The van der Waals surface area contributed by atoms with Gasteiger partial charge in [0, 0.05) is 18.3 Å². The topological polar surface area (TPSA) is 97.8 Å². The van der Waals surface area contributed by atoms with Gasteiger partial charge in [0.25, 0.3) is 5.91 Å². The van der Waals surface area contributed by atoms with Crippen molar-refractivity contribution in [3.63, 3.8) is 0 Å². The van der Waals surface area contributed by atoms with Crippen LogP contribution in [0.15, 0.2) is 51.6 Å². The average molecular weight is 437 g/mol. The molecular weight excluding hydrogens is 410 g/mol. The molecule has 1 aliphatic rings. The number of carbonyl (C=O) groups is 2.